The normalized spacial score (nSPS) is 10.2. The molecule has 0 fully saturated rings. The molecule has 1 rings (SSSR count). The van der Waals surface area contributed by atoms with Crippen LogP contribution in [-0.2, 0) is 11.2 Å². The molecule has 0 bridgehead atoms. The number of hydrogen-bond donors (Lipinski definition) is 1. The second kappa shape index (κ2) is 5.33. The van der Waals surface area contributed by atoms with Crippen LogP contribution in [0.2, 0.25) is 0 Å². The maximum Gasteiger partial charge on any atom is 0.359 e. The molecule has 0 spiro atoms. The lowest BCUT2D eigenvalue weighted by Gasteiger charge is -1.98. The quantitative estimate of drug-likeness (QED) is 0.685. The Labute approximate surface area is 96.6 Å². The van der Waals surface area contributed by atoms with Gasteiger partial charge in [0.05, 0.1) is 10.2 Å². The maximum atomic E-state index is 11.4. The van der Waals surface area contributed by atoms with Gasteiger partial charge in [0.1, 0.15) is 0 Å². The van der Waals surface area contributed by atoms with E-state index in [4.69, 9.17) is 4.74 Å². The number of hydrogen-bond acceptors (Lipinski definition) is 3. The van der Waals surface area contributed by atoms with Gasteiger partial charge in [-0.25, -0.2) is 4.79 Å². The predicted octanol–water partition coefficient (Wildman–Crippen LogP) is 2.14. The molecule has 0 aromatic carbocycles. The van der Waals surface area contributed by atoms with Crippen LogP contribution in [-0.4, -0.2) is 22.8 Å². The lowest BCUT2D eigenvalue weighted by molar-refractivity contribution is 0.0518. The molecule has 0 atom stereocenters. The number of aromatic nitrogens is 2. The van der Waals surface area contributed by atoms with Gasteiger partial charge in [0.2, 0.25) is 0 Å². The number of aromatic amines is 1. The van der Waals surface area contributed by atoms with Gasteiger partial charge in [-0.2, -0.15) is 5.10 Å². The SMILES string of the molecule is CCCc1[nH]nc(C(=O)OCC)c1I. The average Bonchev–Trinajstić information content (AvgIpc) is 2.49. The summed E-state index contributed by atoms with van der Waals surface area (Å²) >= 11 is 2.12. The average molecular weight is 308 g/mol. The third kappa shape index (κ3) is 2.46. The van der Waals surface area contributed by atoms with Crippen LogP contribution in [0.3, 0.4) is 0 Å². The lowest BCUT2D eigenvalue weighted by atomic mass is 10.2. The van der Waals surface area contributed by atoms with E-state index in [9.17, 15) is 4.79 Å². The number of carbonyl (C=O) groups excluding carboxylic acids is 1. The summed E-state index contributed by atoms with van der Waals surface area (Å²) in [7, 11) is 0. The van der Waals surface area contributed by atoms with Gasteiger partial charge >= 0.3 is 5.97 Å². The van der Waals surface area contributed by atoms with Gasteiger partial charge in [0.25, 0.3) is 0 Å². The summed E-state index contributed by atoms with van der Waals surface area (Å²) in [4.78, 5) is 11.4. The van der Waals surface area contributed by atoms with Crippen molar-refractivity contribution in [1.29, 1.82) is 0 Å². The van der Waals surface area contributed by atoms with Crippen LogP contribution in [0.5, 0.6) is 0 Å². The highest BCUT2D eigenvalue weighted by molar-refractivity contribution is 14.1. The molecule has 0 unspecified atom stereocenters. The molecule has 1 aromatic heterocycles. The zero-order valence-corrected chi connectivity index (χ0v) is 10.4. The van der Waals surface area contributed by atoms with Crippen LogP contribution in [0.25, 0.3) is 0 Å². The van der Waals surface area contributed by atoms with Crippen molar-refractivity contribution >= 4 is 28.6 Å². The molecule has 1 aromatic rings. The van der Waals surface area contributed by atoms with Gasteiger partial charge < -0.3 is 4.74 Å². The summed E-state index contributed by atoms with van der Waals surface area (Å²) in [5, 5.41) is 6.80. The molecule has 0 saturated carbocycles. The van der Waals surface area contributed by atoms with Gasteiger partial charge in [-0.05, 0) is 35.9 Å². The first-order valence-electron chi connectivity index (χ1n) is 4.60. The molecular formula is C9H13IN2O2. The van der Waals surface area contributed by atoms with Crippen molar-refractivity contribution in [2.75, 3.05) is 6.61 Å². The lowest BCUT2D eigenvalue weighted by Crippen LogP contribution is -2.06. The molecule has 1 heterocycles. The fourth-order valence-electron chi connectivity index (χ4n) is 1.11. The second-order valence-corrected chi connectivity index (χ2v) is 3.91. The fraction of sp³-hybridized carbons (Fsp3) is 0.556. The molecule has 0 aliphatic heterocycles. The Morgan fingerprint density at radius 1 is 1.57 bits per heavy atom. The first kappa shape index (κ1) is 11.5. The van der Waals surface area contributed by atoms with E-state index in [2.05, 4.69) is 39.7 Å². The number of ether oxygens (including phenoxy) is 1. The van der Waals surface area contributed by atoms with Crippen molar-refractivity contribution < 1.29 is 9.53 Å². The Bertz CT molecular complexity index is 323. The smallest absolute Gasteiger partial charge is 0.359 e. The molecule has 0 radical (unpaired) electrons. The van der Waals surface area contributed by atoms with Crippen molar-refractivity contribution in [2.45, 2.75) is 26.7 Å². The van der Waals surface area contributed by atoms with Gasteiger partial charge in [0.15, 0.2) is 5.69 Å². The second-order valence-electron chi connectivity index (χ2n) is 2.84. The first-order chi connectivity index (χ1) is 6.70. The van der Waals surface area contributed by atoms with E-state index in [1.807, 2.05) is 0 Å². The number of nitrogens with zero attached hydrogens (tertiary/aromatic N) is 1. The molecule has 0 aliphatic rings. The summed E-state index contributed by atoms with van der Waals surface area (Å²) in [5.41, 5.74) is 1.41. The molecule has 1 N–H and O–H groups in total. The number of rotatable bonds is 4. The van der Waals surface area contributed by atoms with Crippen LogP contribution in [0.4, 0.5) is 0 Å². The molecular weight excluding hydrogens is 295 g/mol. The van der Waals surface area contributed by atoms with Crippen molar-refractivity contribution in [2.24, 2.45) is 0 Å². The van der Waals surface area contributed by atoms with Gasteiger partial charge in [-0.15, -0.1) is 0 Å². The predicted molar refractivity (Wildman–Crippen MR) is 61.3 cm³/mol. The highest BCUT2D eigenvalue weighted by atomic mass is 127. The van der Waals surface area contributed by atoms with Crippen LogP contribution >= 0.6 is 22.6 Å². The molecule has 5 heteroatoms. The standard InChI is InChI=1S/C9H13IN2O2/c1-3-5-6-7(10)8(12-11-6)9(13)14-4-2/h3-5H2,1-2H3,(H,11,12). The number of aryl methyl sites for hydroxylation is 1. The Morgan fingerprint density at radius 3 is 2.86 bits per heavy atom. The Hall–Kier alpha value is -0.590. The highest BCUT2D eigenvalue weighted by Crippen LogP contribution is 2.16. The fourth-order valence-corrected chi connectivity index (χ4v) is 1.85. The summed E-state index contributed by atoms with van der Waals surface area (Å²) in [6.07, 6.45) is 1.94. The third-order valence-corrected chi connectivity index (χ3v) is 2.91. The van der Waals surface area contributed by atoms with Crippen LogP contribution in [0.15, 0.2) is 0 Å². The molecule has 0 saturated heterocycles. The van der Waals surface area contributed by atoms with Gasteiger partial charge in [-0.3, -0.25) is 5.10 Å². The minimum Gasteiger partial charge on any atom is -0.461 e. The Kier molecular flexibility index (Phi) is 4.37. The van der Waals surface area contributed by atoms with E-state index in [-0.39, 0.29) is 5.97 Å². The molecule has 0 aliphatic carbocycles. The Morgan fingerprint density at radius 2 is 2.29 bits per heavy atom. The summed E-state index contributed by atoms with van der Waals surface area (Å²) in [6, 6.07) is 0. The van der Waals surface area contributed by atoms with E-state index in [1.165, 1.54) is 0 Å². The molecule has 0 amide bonds. The minimum absolute atomic E-state index is 0.351. The van der Waals surface area contributed by atoms with Gasteiger partial charge in [-0.1, -0.05) is 13.3 Å². The van der Waals surface area contributed by atoms with E-state index in [0.717, 1.165) is 22.1 Å². The van der Waals surface area contributed by atoms with E-state index < -0.39 is 0 Å². The summed E-state index contributed by atoms with van der Waals surface area (Å²) in [6.45, 7) is 4.25. The number of H-pyrrole nitrogens is 1. The van der Waals surface area contributed by atoms with E-state index >= 15 is 0 Å². The number of halogens is 1. The van der Waals surface area contributed by atoms with Crippen LogP contribution in [0.1, 0.15) is 36.5 Å². The zero-order valence-electron chi connectivity index (χ0n) is 8.26. The highest BCUT2D eigenvalue weighted by Gasteiger charge is 2.17. The van der Waals surface area contributed by atoms with Crippen LogP contribution < -0.4 is 0 Å². The minimum atomic E-state index is -0.351. The molecule has 14 heavy (non-hydrogen) atoms. The van der Waals surface area contributed by atoms with Crippen molar-refractivity contribution in [3.8, 4) is 0 Å². The zero-order chi connectivity index (χ0) is 10.6. The van der Waals surface area contributed by atoms with Crippen LogP contribution in [0, 0.1) is 3.57 Å². The third-order valence-electron chi connectivity index (χ3n) is 1.74. The largest absolute Gasteiger partial charge is 0.461 e. The number of carbonyl (C=O) groups is 1. The van der Waals surface area contributed by atoms with Crippen molar-refractivity contribution in [3.05, 3.63) is 15.0 Å². The summed E-state index contributed by atoms with van der Waals surface area (Å²) < 4.78 is 5.75. The molecule has 78 valence electrons. The maximum absolute atomic E-state index is 11.4. The number of esters is 1. The van der Waals surface area contributed by atoms with E-state index in [0.29, 0.717) is 12.3 Å². The van der Waals surface area contributed by atoms with Crippen molar-refractivity contribution in [3.63, 3.8) is 0 Å². The topological polar surface area (TPSA) is 55.0 Å². The van der Waals surface area contributed by atoms with Gasteiger partial charge in [0, 0.05) is 5.69 Å². The van der Waals surface area contributed by atoms with Crippen molar-refractivity contribution in [1.82, 2.24) is 10.2 Å². The number of nitrogens with one attached hydrogen (secondary N) is 1. The Balaban J connectivity index is 2.83. The monoisotopic (exact) mass is 308 g/mol. The first-order valence-corrected chi connectivity index (χ1v) is 5.68. The van der Waals surface area contributed by atoms with E-state index in [1.54, 1.807) is 6.92 Å². The summed E-state index contributed by atoms with van der Waals surface area (Å²) in [5.74, 6) is -0.351. The molecule has 4 nitrogen and oxygen atoms in total.